The fourth-order valence-electron chi connectivity index (χ4n) is 4.98. The Morgan fingerprint density at radius 2 is 2.13 bits per heavy atom. The number of hydrogen-bond donors (Lipinski definition) is 1. The van der Waals surface area contributed by atoms with E-state index in [2.05, 4.69) is 11.0 Å². The quantitative estimate of drug-likeness (QED) is 0.782. The largest absolute Gasteiger partial charge is 0.462 e. The van der Waals surface area contributed by atoms with E-state index in [1.807, 2.05) is 10.6 Å². The van der Waals surface area contributed by atoms with Crippen LogP contribution in [0.5, 0.6) is 0 Å². The highest BCUT2D eigenvalue weighted by Crippen LogP contribution is 2.43. The molecule has 3 aliphatic rings. The van der Waals surface area contributed by atoms with Crippen molar-refractivity contribution in [2.24, 2.45) is 11.7 Å². The maximum atomic E-state index is 15.5. The van der Waals surface area contributed by atoms with E-state index in [1.165, 1.54) is 6.07 Å². The minimum absolute atomic E-state index is 0.0320. The lowest BCUT2D eigenvalue weighted by Gasteiger charge is -2.28. The van der Waals surface area contributed by atoms with E-state index in [9.17, 15) is 9.59 Å². The van der Waals surface area contributed by atoms with Crippen LogP contribution in [-0.2, 0) is 4.74 Å². The van der Waals surface area contributed by atoms with Gasteiger partial charge in [-0.2, -0.15) is 0 Å². The topological polar surface area (TPSA) is 77.6 Å². The highest BCUT2D eigenvalue weighted by atomic mass is 19.1. The van der Waals surface area contributed by atoms with Crippen molar-refractivity contribution in [1.29, 1.82) is 0 Å². The molecule has 1 saturated heterocycles. The Balaban J connectivity index is 1.79. The van der Waals surface area contributed by atoms with Crippen molar-refractivity contribution in [3.63, 3.8) is 0 Å². The number of carbonyl (C=O) groups is 1. The van der Waals surface area contributed by atoms with Crippen molar-refractivity contribution >= 4 is 28.6 Å². The monoisotopic (exact) mass is 411 g/mol. The number of esters is 1. The predicted molar refractivity (Wildman–Crippen MR) is 114 cm³/mol. The molecular weight excluding hydrogens is 385 g/mol. The third-order valence-corrected chi connectivity index (χ3v) is 6.53. The van der Waals surface area contributed by atoms with Gasteiger partial charge in [0.05, 0.1) is 23.2 Å². The van der Waals surface area contributed by atoms with Crippen molar-refractivity contribution in [3.8, 4) is 0 Å². The molecule has 0 amide bonds. The fourth-order valence-corrected chi connectivity index (χ4v) is 4.98. The van der Waals surface area contributed by atoms with E-state index in [-0.39, 0.29) is 29.6 Å². The second-order valence-corrected chi connectivity index (χ2v) is 8.53. The summed E-state index contributed by atoms with van der Waals surface area (Å²) in [5, 5.41) is 0.237. The van der Waals surface area contributed by atoms with Crippen LogP contribution in [0.25, 0.3) is 17.0 Å². The minimum Gasteiger partial charge on any atom is -0.462 e. The van der Waals surface area contributed by atoms with Gasteiger partial charge in [-0.1, -0.05) is 12.2 Å². The summed E-state index contributed by atoms with van der Waals surface area (Å²) in [6.07, 6.45) is 9.33. The number of carbonyl (C=O) groups excluding carboxylic acids is 1. The number of halogens is 1. The molecule has 1 aliphatic carbocycles. The summed E-state index contributed by atoms with van der Waals surface area (Å²) < 4.78 is 22.6. The Bertz CT molecular complexity index is 1120. The van der Waals surface area contributed by atoms with E-state index in [0.717, 1.165) is 31.2 Å². The van der Waals surface area contributed by atoms with Gasteiger partial charge in [0, 0.05) is 30.4 Å². The summed E-state index contributed by atoms with van der Waals surface area (Å²) >= 11 is 0. The van der Waals surface area contributed by atoms with Gasteiger partial charge in [-0.3, -0.25) is 4.79 Å². The van der Waals surface area contributed by atoms with Gasteiger partial charge in [0.1, 0.15) is 11.4 Å². The van der Waals surface area contributed by atoms with Crippen LogP contribution >= 0.6 is 0 Å². The first-order valence-electron chi connectivity index (χ1n) is 10.7. The van der Waals surface area contributed by atoms with Gasteiger partial charge in [-0.25, -0.2) is 9.18 Å². The molecule has 30 heavy (non-hydrogen) atoms. The molecule has 158 valence electrons. The number of ether oxygens (including phenoxy) is 1. The highest BCUT2D eigenvalue weighted by molar-refractivity contribution is 5.99. The first kappa shape index (κ1) is 19.3. The van der Waals surface area contributed by atoms with Gasteiger partial charge in [0.25, 0.3) is 0 Å². The molecule has 0 unspecified atom stereocenters. The first-order valence-corrected chi connectivity index (χ1v) is 10.7. The second-order valence-electron chi connectivity index (χ2n) is 8.53. The van der Waals surface area contributed by atoms with Gasteiger partial charge in [-0.05, 0) is 51.1 Å². The second kappa shape index (κ2) is 7.23. The number of benzene rings is 1. The van der Waals surface area contributed by atoms with Crippen molar-refractivity contribution in [2.75, 3.05) is 24.6 Å². The number of nitrogens with zero attached hydrogens (tertiary/aromatic N) is 2. The molecule has 5 rings (SSSR count). The zero-order valence-electron chi connectivity index (χ0n) is 17.1. The van der Waals surface area contributed by atoms with Crippen molar-refractivity contribution in [2.45, 2.75) is 44.7 Å². The number of aromatic nitrogens is 1. The molecule has 0 radical (unpaired) electrons. The van der Waals surface area contributed by atoms with Crippen LogP contribution in [0.15, 0.2) is 23.1 Å². The van der Waals surface area contributed by atoms with Gasteiger partial charge in [0.2, 0.25) is 5.43 Å². The average molecular weight is 411 g/mol. The molecule has 2 atom stereocenters. The molecule has 2 aliphatic heterocycles. The molecule has 2 N–H and O–H groups in total. The Morgan fingerprint density at radius 1 is 1.33 bits per heavy atom. The summed E-state index contributed by atoms with van der Waals surface area (Å²) in [5.74, 6) is -0.747. The van der Waals surface area contributed by atoms with Crippen molar-refractivity contribution in [1.82, 2.24) is 4.57 Å². The van der Waals surface area contributed by atoms with Crippen LogP contribution in [-0.4, -0.2) is 36.3 Å². The van der Waals surface area contributed by atoms with E-state index in [4.69, 9.17) is 10.5 Å². The van der Waals surface area contributed by atoms with Crippen molar-refractivity contribution in [3.05, 3.63) is 45.5 Å². The van der Waals surface area contributed by atoms with E-state index in [0.29, 0.717) is 30.2 Å². The van der Waals surface area contributed by atoms with Gasteiger partial charge in [-0.15, -0.1) is 0 Å². The third-order valence-electron chi connectivity index (χ3n) is 6.53. The third kappa shape index (κ3) is 2.95. The molecule has 7 heteroatoms. The molecule has 2 aromatic rings. The lowest BCUT2D eigenvalue weighted by atomic mass is 10.0. The molecule has 1 aromatic heterocycles. The lowest BCUT2D eigenvalue weighted by Crippen LogP contribution is -2.30. The number of hydrogen-bond acceptors (Lipinski definition) is 5. The number of rotatable bonds is 4. The molecular formula is C23H26FN3O3. The Hall–Kier alpha value is -2.67. The summed E-state index contributed by atoms with van der Waals surface area (Å²) in [6, 6.07) is 1.73. The number of nitrogens with two attached hydrogens (primary N) is 1. The Labute approximate surface area is 174 Å². The smallest absolute Gasteiger partial charge is 0.343 e. The van der Waals surface area contributed by atoms with Crippen LogP contribution in [0.4, 0.5) is 10.1 Å². The maximum Gasteiger partial charge on any atom is 0.343 e. The first-order chi connectivity index (χ1) is 14.5. The van der Waals surface area contributed by atoms with Gasteiger partial charge in [0.15, 0.2) is 0 Å². The SMILES string of the molecule is CCOC(=O)c1cn(C2CC2)c2c3c(c(F)cc2c1=O)N1C[C@@H](CN)C[C@@H]1CC=C3. The molecule has 0 spiro atoms. The van der Waals surface area contributed by atoms with Crippen LogP contribution in [0.2, 0.25) is 0 Å². The van der Waals surface area contributed by atoms with Crippen LogP contribution < -0.4 is 16.1 Å². The molecule has 6 nitrogen and oxygen atoms in total. The lowest BCUT2D eigenvalue weighted by molar-refractivity contribution is 0.0524. The zero-order chi connectivity index (χ0) is 21.0. The van der Waals surface area contributed by atoms with Crippen LogP contribution in [0.1, 0.15) is 54.6 Å². The van der Waals surface area contributed by atoms with E-state index < -0.39 is 17.2 Å². The number of anilines is 1. The van der Waals surface area contributed by atoms with E-state index >= 15 is 4.39 Å². The Morgan fingerprint density at radius 3 is 2.83 bits per heavy atom. The molecule has 2 fully saturated rings. The number of fused-ring (bicyclic) bond motifs is 5. The molecule has 0 bridgehead atoms. The molecule has 1 aromatic carbocycles. The maximum absolute atomic E-state index is 15.5. The summed E-state index contributed by atoms with van der Waals surface area (Å²) in [7, 11) is 0. The van der Waals surface area contributed by atoms with Gasteiger partial charge >= 0.3 is 5.97 Å². The zero-order valence-corrected chi connectivity index (χ0v) is 17.1. The Kier molecular flexibility index (Phi) is 4.65. The minimum atomic E-state index is -0.657. The fraction of sp³-hybridized carbons (Fsp3) is 0.478. The van der Waals surface area contributed by atoms with Crippen LogP contribution in [0, 0.1) is 11.7 Å². The number of pyridine rings is 1. The van der Waals surface area contributed by atoms with Gasteiger partial charge < -0.3 is 19.9 Å². The molecule has 1 saturated carbocycles. The summed E-state index contributed by atoms with van der Waals surface area (Å²) in [4.78, 5) is 27.7. The average Bonchev–Trinajstić information content (AvgIpc) is 3.52. The van der Waals surface area contributed by atoms with Crippen molar-refractivity contribution < 1.29 is 13.9 Å². The predicted octanol–water partition coefficient (Wildman–Crippen LogP) is 3.22. The van der Waals surface area contributed by atoms with Crippen LogP contribution in [0.3, 0.4) is 0 Å². The standard InChI is InChI=1S/C23H26FN3O3/c1-2-30-23(29)18-12-27(14-6-7-14)20-16-5-3-4-15-8-13(10-25)11-26(15)21(16)19(24)9-17(20)22(18)28/h3,5,9,12-15H,2,4,6-8,10-11,25H2,1H3/t13-,15+/m1/s1. The normalized spacial score (nSPS) is 22.7. The molecule has 3 heterocycles. The summed E-state index contributed by atoms with van der Waals surface area (Å²) in [5.41, 5.74) is 7.39. The summed E-state index contributed by atoms with van der Waals surface area (Å²) in [6.45, 7) is 3.17. The van der Waals surface area contributed by atoms with E-state index in [1.54, 1.807) is 13.1 Å². The highest BCUT2D eigenvalue weighted by Gasteiger charge is 2.36.